The van der Waals surface area contributed by atoms with Crippen LogP contribution in [0.1, 0.15) is 31.2 Å². The van der Waals surface area contributed by atoms with E-state index in [4.69, 9.17) is 0 Å². The van der Waals surface area contributed by atoms with E-state index in [9.17, 15) is 4.79 Å². The number of nitrogens with zero attached hydrogens (tertiary/aromatic N) is 6. The van der Waals surface area contributed by atoms with Crippen molar-refractivity contribution in [3.8, 4) is 0 Å². The first-order chi connectivity index (χ1) is 11.2. The lowest BCUT2D eigenvalue weighted by Gasteiger charge is -2.32. The van der Waals surface area contributed by atoms with Gasteiger partial charge in [-0.1, -0.05) is 11.2 Å². The number of hydrogen-bond donors (Lipinski definition) is 2. The van der Waals surface area contributed by atoms with E-state index in [1.54, 1.807) is 13.1 Å². The van der Waals surface area contributed by atoms with Gasteiger partial charge in [-0.25, -0.2) is 5.43 Å². The van der Waals surface area contributed by atoms with Crippen LogP contribution in [0, 0.1) is 0 Å². The molecule has 2 N–H and O–H groups in total. The van der Waals surface area contributed by atoms with Crippen molar-refractivity contribution in [3.63, 3.8) is 0 Å². The molecule has 3 heterocycles. The maximum atomic E-state index is 12.4. The average Bonchev–Trinajstić information content (AvgIpc) is 3.13. The van der Waals surface area contributed by atoms with Gasteiger partial charge in [0.25, 0.3) is 11.9 Å². The standard InChI is InChI=1S/C14H18N8O/c1-10(16-17-14-18-20-21-19-14)13(23)22-7-4-11(5-8-22)12-3-2-6-15-9-12/h2-3,6,9,11H,4-5,7-8H2,1H3,(H2,17,18,19,20,21)/b16-10+. The Labute approximate surface area is 133 Å². The second-order valence-electron chi connectivity index (χ2n) is 5.40. The van der Waals surface area contributed by atoms with Crippen LogP contribution in [-0.4, -0.2) is 55.2 Å². The van der Waals surface area contributed by atoms with Crippen molar-refractivity contribution in [1.82, 2.24) is 30.5 Å². The van der Waals surface area contributed by atoms with Gasteiger partial charge in [-0.05, 0) is 42.5 Å². The summed E-state index contributed by atoms with van der Waals surface area (Å²) < 4.78 is 0. The number of rotatable bonds is 4. The molecule has 0 bridgehead atoms. The fourth-order valence-corrected chi connectivity index (χ4v) is 2.65. The molecule has 1 saturated heterocycles. The molecule has 9 nitrogen and oxygen atoms in total. The molecule has 1 aliphatic heterocycles. The van der Waals surface area contributed by atoms with Gasteiger partial charge in [-0.15, -0.1) is 5.10 Å². The van der Waals surface area contributed by atoms with E-state index >= 15 is 0 Å². The summed E-state index contributed by atoms with van der Waals surface area (Å²) in [5.74, 6) is 0.612. The van der Waals surface area contributed by atoms with Crippen LogP contribution in [0.2, 0.25) is 0 Å². The van der Waals surface area contributed by atoms with Gasteiger partial charge >= 0.3 is 0 Å². The molecule has 0 saturated carbocycles. The number of anilines is 1. The van der Waals surface area contributed by atoms with E-state index in [-0.39, 0.29) is 11.9 Å². The summed E-state index contributed by atoms with van der Waals surface area (Å²) >= 11 is 0. The van der Waals surface area contributed by atoms with Crippen LogP contribution in [0.4, 0.5) is 5.95 Å². The zero-order valence-electron chi connectivity index (χ0n) is 12.8. The van der Waals surface area contributed by atoms with Crippen LogP contribution in [0.3, 0.4) is 0 Å². The molecule has 0 unspecified atom stereocenters. The fraction of sp³-hybridized carbons (Fsp3) is 0.429. The maximum absolute atomic E-state index is 12.4. The molecule has 120 valence electrons. The number of hydrazone groups is 1. The highest BCUT2D eigenvalue weighted by Gasteiger charge is 2.25. The number of carbonyl (C=O) groups is 1. The van der Waals surface area contributed by atoms with Crippen LogP contribution in [-0.2, 0) is 4.79 Å². The molecule has 1 aliphatic rings. The van der Waals surface area contributed by atoms with Gasteiger partial charge in [0.1, 0.15) is 5.71 Å². The normalized spacial score (nSPS) is 16.4. The van der Waals surface area contributed by atoms with Gasteiger partial charge in [-0.2, -0.15) is 10.3 Å². The lowest BCUT2D eigenvalue weighted by atomic mass is 9.90. The Morgan fingerprint density at radius 2 is 2.26 bits per heavy atom. The third kappa shape index (κ3) is 3.68. The minimum Gasteiger partial charge on any atom is -0.338 e. The molecular formula is C14H18N8O. The molecule has 1 fully saturated rings. The Hall–Kier alpha value is -2.84. The van der Waals surface area contributed by atoms with E-state index < -0.39 is 0 Å². The number of nitrogens with one attached hydrogen (secondary N) is 2. The summed E-state index contributed by atoms with van der Waals surface area (Å²) in [5, 5.41) is 17.1. The van der Waals surface area contributed by atoms with Gasteiger partial charge in [0.2, 0.25) is 0 Å². The second-order valence-corrected chi connectivity index (χ2v) is 5.40. The molecule has 3 rings (SSSR count). The van der Waals surface area contributed by atoms with E-state index in [2.05, 4.69) is 42.2 Å². The number of aromatic nitrogens is 5. The van der Waals surface area contributed by atoms with Crippen LogP contribution in [0.15, 0.2) is 29.6 Å². The minimum atomic E-state index is -0.0781. The molecule has 0 aliphatic carbocycles. The van der Waals surface area contributed by atoms with Crippen molar-refractivity contribution in [2.75, 3.05) is 18.5 Å². The quantitative estimate of drug-likeness (QED) is 0.637. The van der Waals surface area contributed by atoms with Crippen molar-refractivity contribution in [2.24, 2.45) is 5.10 Å². The number of likely N-dealkylation sites (tertiary alicyclic amines) is 1. The predicted octanol–water partition coefficient (Wildman–Crippen LogP) is 0.789. The van der Waals surface area contributed by atoms with Crippen LogP contribution < -0.4 is 5.43 Å². The minimum absolute atomic E-state index is 0.0781. The molecule has 0 aromatic carbocycles. The molecule has 2 aromatic heterocycles. The lowest BCUT2D eigenvalue weighted by molar-refractivity contribution is -0.125. The second kappa shape index (κ2) is 6.95. The molecular weight excluding hydrogens is 296 g/mol. The van der Waals surface area contributed by atoms with Crippen molar-refractivity contribution < 1.29 is 4.79 Å². The van der Waals surface area contributed by atoms with Gasteiger partial charge in [0.05, 0.1) is 0 Å². The van der Waals surface area contributed by atoms with Crippen LogP contribution >= 0.6 is 0 Å². The Balaban J connectivity index is 1.54. The molecule has 1 amide bonds. The van der Waals surface area contributed by atoms with E-state index in [1.165, 1.54) is 5.56 Å². The van der Waals surface area contributed by atoms with Crippen LogP contribution in [0.25, 0.3) is 0 Å². The predicted molar refractivity (Wildman–Crippen MR) is 83.7 cm³/mol. The molecule has 2 aromatic rings. The van der Waals surface area contributed by atoms with Gasteiger partial charge in [0, 0.05) is 25.5 Å². The van der Waals surface area contributed by atoms with Crippen molar-refractivity contribution in [3.05, 3.63) is 30.1 Å². The zero-order valence-corrected chi connectivity index (χ0v) is 12.8. The number of tetrazole rings is 1. The van der Waals surface area contributed by atoms with Crippen molar-refractivity contribution >= 4 is 17.6 Å². The number of amides is 1. The zero-order chi connectivity index (χ0) is 16.1. The largest absolute Gasteiger partial charge is 0.338 e. The first kappa shape index (κ1) is 15.1. The number of carbonyl (C=O) groups excluding carboxylic acids is 1. The maximum Gasteiger partial charge on any atom is 0.283 e. The summed E-state index contributed by atoms with van der Waals surface area (Å²) in [7, 11) is 0. The monoisotopic (exact) mass is 314 g/mol. The molecule has 23 heavy (non-hydrogen) atoms. The van der Waals surface area contributed by atoms with Gasteiger partial charge < -0.3 is 4.90 Å². The van der Waals surface area contributed by atoms with Gasteiger partial charge in [-0.3, -0.25) is 9.78 Å². The van der Waals surface area contributed by atoms with Crippen LogP contribution in [0.5, 0.6) is 0 Å². The van der Waals surface area contributed by atoms with E-state index in [1.807, 2.05) is 17.2 Å². The van der Waals surface area contributed by atoms with E-state index in [0.29, 0.717) is 24.7 Å². The number of piperidine rings is 1. The SMILES string of the molecule is C/C(=N\Nc1nn[nH]n1)C(=O)N1CCC(c2cccnc2)CC1. The third-order valence-corrected chi connectivity index (χ3v) is 3.92. The Morgan fingerprint density at radius 3 is 2.91 bits per heavy atom. The smallest absolute Gasteiger partial charge is 0.283 e. The number of hydrogen-bond acceptors (Lipinski definition) is 7. The highest BCUT2D eigenvalue weighted by atomic mass is 16.2. The molecule has 0 radical (unpaired) electrons. The highest BCUT2D eigenvalue weighted by Crippen LogP contribution is 2.27. The molecule has 0 atom stereocenters. The Bertz CT molecular complexity index is 661. The summed E-state index contributed by atoms with van der Waals surface area (Å²) in [6, 6.07) is 4.05. The average molecular weight is 314 g/mol. The highest BCUT2D eigenvalue weighted by molar-refractivity contribution is 6.37. The van der Waals surface area contributed by atoms with Crippen molar-refractivity contribution in [1.29, 1.82) is 0 Å². The number of aromatic amines is 1. The third-order valence-electron chi connectivity index (χ3n) is 3.92. The topological polar surface area (TPSA) is 112 Å². The summed E-state index contributed by atoms with van der Waals surface area (Å²) in [6.07, 6.45) is 5.55. The summed E-state index contributed by atoms with van der Waals surface area (Å²) in [6.45, 7) is 3.10. The van der Waals surface area contributed by atoms with E-state index in [0.717, 1.165) is 12.8 Å². The summed E-state index contributed by atoms with van der Waals surface area (Å²) in [5.41, 5.74) is 4.20. The molecule has 9 heteroatoms. The number of H-pyrrole nitrogens is 1. The summed E-state index contributed by atoms with van der Waals surface area (Å²) in [4.78, 5) is 18.4. The first-order valence-electron chi connectivity index (χ1n) is 7.47. The Kier molecular flexibility index (Phi) is 4.55. The Morgan fingerprint density at radius 1 is 1.43 bits per heavy atom. The fourth-order valence-electron chi connectivity index (χ4n) is 2.65. The number of pyridine rings is 1. The van der Waals surface area contributed by atoms with Gasteiger partial charge in [0.15, 0.2) is 0 Å². The molecule has 0 spiro atoms. The van der Waals surface area contributed by atoms with Crippen molar-refractivity contribution in [2.45, 2.75) is 25.7 Å². The first-order valence-corrected chi connectivity index (χ1v) is 7.47. The lowest BCUT2D eigenvalue weighted by Crippen LogP contribution is -2.41.